The summed E-state index contributed by atoms with van der Waals surface area (Å²) in [7, 11) is 0. The van der Waals surface area contributed by atoms with Crippen LogP contribution in [0.5, 0.6) is 5.75 Å². The molecule has 0 radical (unpaired) electrons. The second-order valence-corrected chi connectivity index (χ2v) is 8.15. The van der Waals surface area contributed by atoms with Crippen LogP contribution in [0.2, 0.25) is 0 Å². The van der Waals surface area contributed by atoms with Crippen molar-refractivity contribution < 1.29 is 23.0 Å². The monoisotopic (exact) mass is 451 g/mol. The predicted octanol–water partition coefficient (Wildman–Crippen LogP) is 4.29. The van der Waals surface area contributed by atoms with Crippen LogP contribution in [0.1, 0.15) is 16.9 Å². The topological polar surface area (TPSA) is 83.4 Å². The molecule has 0 unspecified atom stereocenters. The molecule has 2 aromatic heterocycles. The fourth-order valence-electron chi connectivity index (χ4n) is 3.19. The molecule has 11 heteroatoms. The lowest BCUT2D eigenvalue weighted by Crippen LogP contribution is -2.25. The number of anilines is 2. The summed E-state index contributed by atoms with van der Waals surface area (Å²) in [5.74, 6) is -0.394. The number of phenols is 1. The van der Waals surface area contributed by atoms with Crippen molar-refractivity contribution in [3.63, 3.8) is 0 Å². The maximum absolute atomic E-state index is 13.0. The van der Waals surface area contributed by atoms with E-state index < -0.39 is 17.5 Å². The number of nitrogens with zero attached hydrogens (tertiary/aromatic N) is 4. The second kappa shape index (κ2) is 9.16. The maximum atomic E-state index is 13.0. The molecule has 0 aliphatic carbocycles. The van der Waals surface area contributed by atoms with Crippen molar-refractivity contribution in [1.82, 2.24) is 19.9 Å². The number of phenolic OH excluding ortho intramolecular Hbond substituents is 1. The lowest BCUT2D eigenvalue weighted by Gasteiger charge is -2.17. The SMILES string of the molecule is Oc1cc(Nc2nccc(-c3ncc(CN4CCCOCC4)s3)n2)cc(C(F)(F)F)c1. The Morgan fingerprint density at radius 3 is 2.87 bits per heavy atom. The van der Waals surface area contributed by atoms with Gasteiger partial charge in [0.1, 0.15) is 16.5 Å². The molecular formula is C20H20F3N5O2S. The normalized spacial score (nSPS) is 15.6. The number of alkyl halides is 3. The van der Waals surface area contributed by atoms with Crippen molar-refractivity contribution in [1.29, 1.82) is 0 Å². The third-order valence-electron chi connectivity index (χ3n) is 4.62. The summed E-state index contributed by atoms with van der Waals surface area (Å²) in [6.45, 7) is 4.13. The van der Waals surface area contributed by atoms with E-state index in [0.29, 0.717) is 16.8 Å². The summed E-state index contributed by atoms with van der Waals surface area (Å²) in [6.07, 6.45) is -0.260. The number of nitrogens with one attached hydrogen (secondary N) is 1. The van der Waals surface area contributed by atoms with Gasteiger partial charge in [-0.2, -0.15) is 13.2 Å². The Morgan fingerprint density at radius 1 is 1.16 bits per heavy atom. The molecule has 1 aliphatic heterocycles. The first-order chi connectivity index (χ1) is 14.9. The molecule has 31 heavy (non-hydrogen) atoms. The fraction of sp³-hybridized carbons (Fsp3) is 0.350. The van der Waals surface area contributed by atoms with Gasteiger partial charge in [0.2, 0.25) is 5.95 Å². The molecule has 2 N–H and O–H groups in total. The van der Waals surface area contributed by atoms with Gasteiger partial charge in [0.25, 0.3) is 0 Å². The van der Waals surface area contributed by atoms with Crippen molar-refractivity contribution in [2.75, 3.05) is 31.6 Å². The number of hydrogen-bond acceptors (Lipinski definition) is 8. The summed E-state index contributed by atoms with van der Waals surface area (Å²) in [6, 6.07) is 4.42. The summed E-state index contributed by atoms with van der Waals surface area (Å²) in [5, 5.41) is 13.0. The number of benzene rings is 1. The Bertz CT molecular complexity index is 1040. The van der Waals surface area contributed by atoms with Crippen molar-refractivity contribution in [2.45, 2.75) is 19.1 Å². The highest BCUT2D eigenvalue weighted by Gasteiger charge is 2.31. The minimum Gasteiger partial charge on any atom is -0.508 e. The molecule has 3 aromatic rings. The average Bonchev–Trinajstić information content (AvgIpc) is 3.03. The summed E-state index contributed by atoms with van der Waals surface area (Å²) in [5.41, 5.74) is -0.369. The number of rotatable bonds is 5. The van der Waals surface area contributed by atoms with Crippen LogP contribution in [0.3, 0.4) is 0 Å². The standard InChI is InChI=1S/C20H20F3N5O2S/c21-20(22,23)13-8-14(10-15(29)9-13)26-19-24-3-2-17(27-19)18-25-11-16(31-18)12-28-4-1-6-30-7-5-28/h2-3,8-11,29H,1,4-7,12H2,(H,24,26,27). The Hall–Kier alpha value is -2.76. The first-order valence-corrected chi connectivity index (χ1v) is 10.4. The first kappa shape index (κ1) is 21.5. The van der Waals surface area contributed by atoms with Gasteiger partial charge in [0.15, 0.2) is 0 Å². The fourth-order valence-corrected chi connectivity index (χ4v) is 4.11. The van der Waals surface area contributed by atoms with Crippen molar-refractivity contribution in [2.24, 2.45) is 0 Å². The predicted molar refractivity (Wildman–Crippen MR) is 110 cm³/mol. The number of aromatic nitrogens is 3. The van der Waals surface area contributed by atoms with Crippen LogP contribution < -0.4 is 5.32 Å². The molecule has 4 rings (SSSR count). The Labute approximate surface area is 180 Å². The second-order valence-electron chi connectivity index (χ2n) is 7.03. The van der Waals surface area contributed by atoms with Crippen molar-refractivity contribution >= 4 is 23.0 Å². The van der Waals surface area contributed by atoms with Gasteiger partial charge in [0.05, 0.1) is 12.2 Å². The minimum absolute atomic E-state index is 0.0349. The van der Waals surface area contributed by atoms with Crippen LogP contribution in [0, 0.1) is 0 Å². The zero-order chi connectivity index (χ0) is 21.8. The highest BCUT2D eigenvalue weighted by atomic mass is 32.1. The highest BCUT2D eigenvalue weighted by Crippen LogP contribution is 2.34. The van der Waals surface area contributed by atoms with Gasteiger partial charge in [-0.25, -0.2) is 15.0 Å². The zero-order valence-corrected chi connectivity index (χ0v) is 17.2. The average molecular weight is 451 g/mol. The van der Waals surface area contributed by atoms with Crippen LogP contribution in [0.25, 0.3) is 10.7 Å². The van der Waals surface area contributed by atoms with Crippen molar-refractivity contribution in [3.05, 3.63) is 47.1 Å². The molecule has 0 amide bonds. The summed E-state index contributed by atoms with van der Waals surface area (Å²) in [4.78, 5) is 16.3. The Morgan fingerprint density at radius 2 is 2.03 bits per heavy atom. The van der Waals surface area contributed by atoms with Crippen molar-refractivity contribution in [3.8, 4) is 16.5 Å². The number of hydrogen-bond donors (Lipinski definition) is 2. The van der Waals surface area contributed by atoms with Gasteiger partial charge in [-0.1, -0.05) is 0 Å². The molecule has 3 heterocycles. The van der Waals surface area contributed by atoms with Gasteiger partial charge in [0, 0.05) is 55.3 Å². The summed E-state index contributed by atoms with van der Waals surface area (Å²) < 4.78 is 44.4. The molecule has 1 aliphatic rings. The molecule has 0 atom stereocenters. The molecule has 0 bridgehead atoms. The third-order valence-corrected chi connectivity index (χ3v) is 5.63. The van der Waals surface area contributed by atoms with E-state index in [1.54, 1.807) is 6.07 Å². The van der Waals surface area contributed by atoms with Gasteiger partial charge in [-0.3, -0.25) is 4.90 Å². The van der Waals surface area contributed by atoms with Gasteiger partial charge < -0.3 is 15.2 Å². The first-order valence-electron chi connectivity index (χ1n) is 9.63. The number of thiazole rings is 1. The van der Waals surface area contributed by atoms with Gasteiger partial charge >= 0.3 is 6.18 Å². The minimum atomic E-state index is -4.57. The van der Waals surface area contributed by atoms with E-state index in [2.05, 4.69) is 25.2 Å². The van der Waals surface area contributed by atoms with Crippen LogP contribution in [-0.2, 0) is 17.5 Å². The highest BCUT2D eigenvalue weighted by molar-refractivity contribution is 7.14. The molecule has 164 valence electrons. The maximum Gasteiger partial charge on any atom is 0.416 e. The molecule has 1 aromatic carbocycles. The largest absolute Gasteiger partial charge is 0.508 e. The van der Waals surface area contributed by atoms with E-state index >= 15 is 0 Å². The number of halogens is 3. The van der Waals surface area contributed by atoms with E-state index in [4.69, 9.17) is 4.74 Å². The summed E-state index contributed by atoms with van der Waals surface area (Å²) >= 11 is 1.51. The van der Waals surface area contributed by atoms with Crippen LogP contribution in [0.15, 0.2) is 36.7 Å². The van der Waals surface area contributed by atoms with Crippen LogP contribution in [-0.4, -0.2) is 51.3 Å². The smallest absolute Gasteiger partial charge is 0.416 e. The quantitative estimate of drug-likeness (QED) is 0.599. The Balaban J connectivity index is 1.49. The molecule has 1 saturated heterocycles. The lowest BCUT2D eigenvalue weighted by molar-refractivity contribution is -0.137. The van der Waals surface area contributed by atoms with Gasteiger partial charge in [-0.15, -0.1) is 11.3 Å². The van der Waals surface area contributed by atoms with E-state index in [1.165, 1.54) is 23.6 Å². The third kappa shape index (κ3) is 5.69. The molecule has 0 saturated carbocycles. The Kier molecular flexibility index (Phi) is 6.35. The molecule has 1 fully saturated rings. The zero-order valence-electron chi connectivity index (χ0n) is 16.4. The molecular weight excluding hydrogens is 431 g/mol. The lowest BCUT2D eigenvalue weighted by atomic mass is 10.2. The molecule has 0 spiro atoms. The van der Waals surface area contributed by atoms with E-state index in [9.17, 15) is 18.3 Å². The molecule has 7 nitrogen and oxygen atoms in total. The van der Waals surface area contributed by atoms with E-state index in [0.717, 1.165) is 50.2 Å². The van der Waals surface area contributed by atoms with E-state index in [1.807, 2.05) is 6.20 Å². The van der Waals surface area contributed by atoms with E-state index in [-0.39, 0.29) is 11.6 Å². The van der Waals surface area contributed by atoms with Crippen LogP contribution >= 0.6 is 11.3 Å². The van der Waals surface area contributed by atoms with Gasteiger partial charge in [-0.05, 0) is 24.6 Å². The number of ether oxygens (including phenoxy) is 1. The van der Waals surface area contributed by atoms with Crippen LogP contribution in [0.4, 0.5) is 24.8 Å². The number of aromatic hydroxyl groups is 1.